The van der Waals surface area contributed by atoms with Gasteiger partial charge in [0.1, 0.15) is 5.82 Å². The van der Waals surface area contributed by atoms with Gasteiger partial charge in [0.25, 0.3) is 5.91 Å². The van der Waals surface area contributed by atoms with Gasteiger partial charge in [0.2, 0.25) is 0 Å². The summed E-state index contributed by atoms with van der Waals surface area (Å²) in [6, 6.07) is 4.28. The third-order valence-corrected chi connectivity index (χ3v) is 4.14. The molecular weight excluding hydrogens is 252 g/mol. The Balaban J connectivity index is 1.67. The van der Waals surface area contributed by atoms with Crippen LogP contribution in [-0.4, -0.2) is 36.6 Å². The summed E-state index contributed by atoms with van der Waals surface area (Å²) in [6.07, 6.45) is 6.76. The second-order valence-electron chi connectivity index (χ2n) is 5.88. The predicted octanol–water partition coefficient (Wildman–Crippen LogP) is 1.15. The molecule has 5 heteroatoms. The molecule has 1 amide bonds. The van der Waals surface area contributed by atoms with E-state index in [-0.39, 0.29) is 0 Å². The fraction of sp³-hybridized carbons (Fsp3) is 0.600. The zero-order chi connectivity index (χ0) is 13.9. The van der Waals surface area contributed by atoms with E-state index in [4.69, 9.17) is 5.73 Å². The highest BCUT2D eigenvalue weighted by molar-refractivity contribution is 5.97. The van der Waals surface area contributed by atoms with Crippen LogP contribution in [0.4, 0.5) is 5.82 Å². The van der Waals surface area contributed by atoms with Gasteiger partial charge in [0.05, 0.1) is 5.56 Å². The van der Waals surface area contributed by atoms with Crippen molar-refractivity contribution in [3.8, 4) is 0 Å². The molecule has 2 fully saturated rings. The van der Waals surface area contributed by atoms with E-state index in [1.165, 1.54) is 19.3 Å². The van der Waals surface area contributed by atoms with Gasteiger partial charge in [-0.15, -0.1) is 0 Å². The Morgan fingerprint density at radius 2 is 2.30 bits per heavy atom. The largest absolute Gasteiger partial charge is 0.365 e. The normalized spacial score (nSPS) is 22.8. The maximum atomic E-state index is 11.5. The lowest BCUT2D eigenvalue weighted by atomic mass is 9.97. The summed E-state index contributed by atoms with van der Waals surface area (Å²) < 4.78 is 0. The molecule has 1 aromatic heterocycles. The smallest absolute Gasteiger partial charge is 0.252 e. The highest BCUT2D eigenvalue weighted by Gasteiger charge is 2.26. The molecule has 3 rings (SSSR count). The Bertz CT molecular complexity index is 487. The molecule has 1 atom stereocenters. The molecule has 3 N–H and O–H groups in total. The fourth-order valence-electron chi connectivity index (χ4n) is 2.89. The SMILES string of the molecule is NC(=O)c1cccnc1N1CCCC(CNC2CC2)C1. The first-order valence-electron chi connectivity index (χ1n) is 7.47. The first-order chi connectivity index (χ1) is 9.74. The molecule has 5 nitrogen and oxygen atoms in total. The molecule has 1 aromatic rings. The van der Waals surface area contributed by atoms with Crippen molar-refractivity contribution in [1.29, 1.82) is 0 Å². The molecule has 1 unspecified atom stereocenters. The highest BCUT2D eigenvalue weighted by Crippen LogP contribution is 2.25. The molecule has 108 valence electrons. The van der Waals surface area contributed by atoms with Crippen molar-refractivity contribution >= 4 is 11.7 Å². The number of primary amides is 1. The molecule has 2 heterocycles. The third-order valence-electron chi connectivity index (χ3n) is 4.14. The van der Waals surface area contributed by atoms with E-state index in [2.05, 4.69) is 15.2 Å². The van der Waals surface area contributed by atoms with Crippen LogP contribution in [0.15, 0.2) is 18.3 Å². The van der Waals surface area contributed by atoms with Crippen molar-refractivity contribution in [1.82, 2.24) is 10.3 Å². The topological polar surface area (TPSA) is 71.2 Å². The number of nitrogens with one attached hydrogen (secondary N) is 1. The maximum absolute atomic E-state index is 11.5. The average Bonchev–Trinajstić information content (AvgIpc) is 3.30. The van der Waals surface area contributed by atoms with Crippen LogP contribution in [0.2, 0.25) is 0 Å². The number of anilines is 1. The summed E-state index contributed by atoms with van der Waals surface area (Å²) in [4.78, 5) is 18.1. The van der Waals surface area contributed by atoms with Crippen LogP contribution in [0, 0.1) is 5.92 Å². The Kier molecular flexibility index (Phi) is 3.87. The van der Waals surface area contributed by atoms with Crippen molar-refractivity contribution in [2.24, 2.45) is 11.7 Å². The number of aromatic nitrogens is 1. The van der Waals surface area contributed by atoms with Gasteiger partial charge in [-0.2, -0.15) is 0 Å². The van der Waals surface area contributed by atoms with Gasteiger partial charge in [-0.25, -0.2) is 4.98 Å². The number of hydrogen-bond acceptors (Lipinski definition) is 4. The van der Waals surface area contributed by atoms with Gasteiger partial charge in [-0.05, 0) is 50.3 Å². The van der Waals surface area contributed by atoms with Crippen LogP contribution in [0.1, 0.15) is 36.0 Å². The highest BCUT2D eigenvalue weighted by atomic mass is 16.1. The van der Waals surface area contributed by atoms with Crippen LogP contribution >= 0.6 is 0 Å². The molecule has 2 aliphatic rings. The minimum Gasteiger partial charge on any atom is -0.365 e. The van der Waals surface area contributed by atoms with Crippen LogP contribution in [0.25, 0.3) is 0 Å². The van der Waals surface area contributed by atoms with Gasteiger partial charge in [-0.3, -0.25) is 4.79 Å². The number of piperidine rings is 1. The Hall–Kier alpha value is -1.62. The van der Waals surface area contributed by atoms with E-state index < -0.39 is 5.91 Å². The standard InChI is InChI=1S/C15H22N4O/c16-14(20)13-4-1-7-17-15(13)19-8-2-3-11(10-19)9-18-12-5-6-12/h1,4,7,11-12,18H,2-3,5-6,8-10H2,(H2,16,20). The molecule has 0 spiro atoms. The number of carbonyl (C=O) groups is 1. The zero-order valence-corrected chi connectivity index (χ0v) is 11.7. The van der Waals surface area contributed by atoms with E-state index in [9.17, 15) is 4.79 Å². The Morgan fingerprint density at radius 3 is 3.05 bits per heavy atom. The maximum Gasteiger partial charge on any atom is 0.252 e. The number of carbonyl (C=O) groups excluding carboxylic acids is 1. The van der Waals surface area contributed by atoms with Gasteiger partial charge in [0, 0.05) is 25.3 Å². The molecule has 1 saturated carbocycles. The summed E-state index contributed by atoms with van der Waals surface area (Å²) in [5.74, 6) is 0.981. The molecule has 0 aromatic carbocycles. The van der Waals surface area contributed by atoms with E-state index in [0.717, 1.165) is 37.9 Å². The Morgan fingerprint density at radius 1 is 1.45 bits per heavy atom. The van der Waals surface area contributed by atoms with E-state index >= 15 is 0 Å². The second-order valence-corrected chi connectivity index (χ2v) is 5.88. The van der Waals surface area contributed by atoms with E-state index in [0.29, 0.717) is 11.5 Å². The predicted molar refractivity (Wildman–Crippen MR) is 78.7 cm³/mol. The number of nitrogens with zero attached hydrogens (tertiary/aromatic N) is 2. The van der Waals surface area contributed by atoms with Crippen molar-refractivity contribution in [2.45, 2.75) is 31.7 Å². The molecular formula is C15H22N4O. The molecule has 0 bridgehead atoms. The van der Waals surface area contributed by atoms with Gasteiger partial charge in [-0.1, -0.05) is 0 Å². The minimum atomic E-state index is -0.397. The van der Waals surface area contributed by atoms with Crippen LogP contribution in [0.5, 0.6) is 0 Å². The summed E-state index contributed by atoms with van der Waals surface area (Å²) in [7, 11) is 0. The average molecular weight is 274 g/mol. The monoisotopic (exact) mass is 274 g/mol. The number of pyridine rings is 1. The van der Waals surface area contributed by atoms with E-state index in [1.54, 1.807) is 18.3 Å². The molecule has 1 saturated heterocycles. The summed E-state index contributed by atoms with van der Waals surface area (Å²) in [5.41, 5.74) is 5.98. The first-order valence-corrected chi connectivity index (χ1v) is 7.47. The van der Waals surface area contributed by atoms with Crippen molar-refractivity contribution in [3.05, 3.63) is 23.9 Å². The van der Waals surface area contributed by atoms with E-state index in [1.807, 2.05) is 0 Å². The summed E-state index contributed by atoms with van der Waals surface area (Å²) >= 11 is 0. The quantitative estimate of drug-likeness (QED) is 0.845. The van der Waals surface area contributed by atoms with Crippen molar-refractivity contribution in [3.63, 3.8) is 0 Å². The van der Waals surface area contributed by atoms with Gasteiger partial charge >= 0.3 is 0 Å². The molecule has 20 heavy (non-hydrogen) atoms. The summed E-state index contributed by atoms with van der Waals surface area (Å²) in [6.45, 7) is 2.98. The van der Waals surface area contributed by atoms with Crippen LogP contribution < -0.4 is 16.0 Å². The van der Waals surface area contributed by atoms with Gasteiger partial charge < -0.3 is 16.0 Å². The number of amides is 1. The lowest BCUT2D eigenvalue weighted by Gasteiger charge is -2.34. The van der Waals surface area contributed by atoms with Crippen molar-refractivity contribution in [2.75, 3.05) is 24.5 Å². The molecule has 1 aliphatic heterocycles. The van der Waals surface area contributed by atoms with Crippen molar-refractivity contribution < 1.29 is 4.79 Å². The molecule has 1 aliphatic carbocycles. The molecule has 0 radical (unpaired) electrons. The Labute approximate surface area is 119 Å². The summed E-state index contributed by atoms with van der Waals surface area (Å²) in [5, 5.41) is 3.60. The second kappa shape index (κ2) is 5.79. The number of hydrogen-bond donors (Lipinski definition) is 2. The lowest BCUT2D eigenvalue weighted by Crippen LogP contribution is -2.41. The first kappa shape index (κ1) is 13.4. The number of nitrogens with two attached hydrogens (primary N) is 1. The fourth-order valence-corrected chi connectivity index (χ4v) is 2.89. The van der Waals surface area contributed by atoms with Crippen LogP contribution in [0.3, 0.4) is 0 Å². The van der Waals surface area contributed by atoms with Gasteiger partial charge in [0.15, 0.2) is 0 Å². The zero-order valence-electron chi connectivity index (χ0n) is 11.7. The van der Waals surface area contributed by atoms with Crippen LogP contribution in [-0.2, 0) is 0 Å². The number of rotatable bonds is 5. The minimum absolute atomic E-state index is 0.397. The third kappa shape index (κ3) is 3.10. The lowest BCUT2D eigenvalue weighted by molar-refractivity contribution is 0.100.